The molecule has 1 N–H and O–H groups in total. The summed E-state index contributed by atoms with van der Waals surface area (Å²) in [6.07, 6.45) is 18.3. The second-order valence-corrected chi connectivity index (χ2v) is 8.98. The van der Waals surface area contributed by atoms with Gasteiger partial charge in [-0.05, 0) is 101 Å². The van der Waals surface area contributed by atoms with Gasteiger partial charge in [-0.25, -0.2) is 4.39 Å². The molecule has 6 rings (SSSR count). The van der Waals surface area contributed by atoms with E-state index in [-0.39, 0.29) is 17.5 Å². The van der Waals surface area contributed by atoms with Crippen molar-refractivity contribution in [3.63, 3.8) is 0 Å². The first-order valence-corrected chi connectivity index (χ1v) is 12.2. The fourth-order valence-corrected chi connectivity index (χ4v) is 4.93. The molecule has 0 radical (unpaired) electrons. The molecule has 1 heterocycles. The van der Waals surface area contributed by atoms with E-state index in [0.717, 1.165) is 40.5 Å². The number of carbonyl (C=O) groups excluding carboxylic acids is 1. The molecule has 0 fully saturated rings. The first-order valence-electron chi connectivity index (χ1n) is 12.2. The van der Waals surface area contributed by atoms with E-state index in [4.69, 9.17) is 4.74 Å². The summed E-state index contributed by atoms with van der Waals surface area (Å²) < 4.78 is 18.8. The van der Waals surface area contributed by atoms with E-state index in [9.17, 15) is 9.18 Å². The van der Waals surface area contributed by atoms with Crippen molar-refractivity contribution in [2.45, 2.75) is 19.3 Å². The maximum absolute atomic E-state index is 13.6. The van der Waals surface area contributed by atoms with E-state index in [1.165, 1.54) is 16.8 Å². The number of ether oxygens (including phenoxy) is 1. The van der Waals surface area contributed by atoms with Crippen LogP contribution in [-0.2, 0) is 12.8 Å². The van der Waals surface area contributed by atoms with E-state index in [0.29, 0.717) is 12.0 Å². The zero-order chi connectivity index (χ0) is 24.9. The molecule has 36 heavy (non-hydrogen) atoms. The normalized spacial score (nSPS) is 16.4. The van der Waals surface area contributed by atoms with E-state index in [1.807, 2.05) is 67.0 Å². The number of nitrogens with one attached hydrogen (secondary N) is 1. The van der Waals surface area contributed by atoms with Crippen LogP contribution in [0.1, 0.15) is 27.9 Å². The van der Waals surface area contributed by atoms with Crippen molar-refractivity contribution in [2.24, 2.45) is 5.92 Å². The maximum Gasteiger partial charge on any atom is 0.169 e. The van der Waals surface area contributed by atoms with Gasteiger partial charge in [-0.2, -0.15) is 0 Å². The van der Waals surface area contributed by atoms with Crippen LogP contribution in [0.3, 0.4) is 0 Å². The first kappa shape index (κ1) is 23.6. The highest BCUT2D eigenvalue weighted by atomic mass is 19.1. The minimum atomic E-state index is -0.199. The minimum absolute atomic E-state index is 0.134. The van der Waals surface area contributed by atoms with Gasteiger partial charge in [0.25, 0.3) is 0 Å². The highest BCUT2D eigenvalue weighted by Gasteiger charge is 2.23. The molecule has 3 nitrogen and oxygen atoms in total. The molecular weight excluding hydrogens is 449 g/mol. The number of hydrogen-bond acceptors (Lipinski definition) is 3. The summed E-state index contributed by atoms with van der Waals surface area (Å²) in [6.45, 7) is 0. The Labute approximate surface area is 210 Å². The van der Waals surface area contributed by atoms with Crippen LogP contribution in [0.15, 0.2) is 91.3 Å². The maximum atomic E-state index is 13.6. The standard InChI is InChI=1S/C26H21FO2.C6H7N/c1-29-21-9-4-17(5-10-21)26(28)19-3-2-16-6-11-23-22-13-8-20(27)14-18(22)7-12-24(23)25(16)15-19;1-2-4-6-7-5-3-1/h4-6,8-15,19H,2-3,7H2,1H3;1-7H. The molecule has 0 amide bonds. The Balaban J connectivity index is 0.000000330. The topological polar surface area (TPSA) is 38.3 Å². The summed E-state index contributed by atoms with van der Waals surface area (Å²) in [5.41, 5.74) is 5.22. The number of carbonyl (C=O) groups is 1. The molecule has 4 heteroatoms. The summed E-state index contributed by atoms with van der Waals surface area (Å²) >= 11 is 0. The lowest BCUT2D eigenvalue weighted by atomic mass is 9.82. The Bertz CT molecular complexity index is 1480. The number of hydrogen-bond donors (Lipinski definition) is 1. The van der Waals surface area contributed by atoms with E-state index in [1.54, 1.807) is 13.2 Å². The Morgan fingerprint density at radius 3 is 2.39 bits per heavy atom. The minimum Gasteiger partial charge on any atom is -0.497 e. The van der Waals surface area contributed by atoms with Crippen molar-refractivity contribution < 1.29 is 13.9 Å². The smallest absolute Gasteiger partial charge is 0.169 e. The predicted octanol–water partition coefficient (Wildman–Crippen LogP) is 5.24. The quantitative estimate of drug-likeness (QED) is 0.525. The Hall–Kier alpha value is -4.18. The van der Waals surface area contributed by atoms with Crippen LogP contribution in [-0.4, -0.2) is 12.9 Å². The number of fused-ring (bicyclic) bond motifs is 5. The van der Waals surface area contributed by atoms with Gasteiger partial charge in [-0.1, -0.05) is 42.5 Å². The second-order valence-electron chi connectivity index (χ2n) is 8.98. The average molecular weight is 478 g/mol. The van der Waals surface area contributed by atoms with E-state index in [2.05, 4.69) is 29.6 Å². The highest BCUT2D eigenvalue weighted by molar-refractivity contribution is 6.01. The van der Waals surface area contributed by atoms with Crippen molar-refractivity contribution in [1.29, 1.82) is 0 Å². The number of rotatable bonds is 3. The molecule has 1 unspecified atom stereocenters. The van der Waals surface area contributed by atoms with Gasteiger partial charge in [-0.15, -0.1) is 0 Å². The van der Waals surface area contributed by atoms with Crippen molar-refractivity contribution in [3.05, 3.63) is 124 Å². The van der Waals surface area contributed by atoms with Crippen LogP contribution in [0.4, 0.5) is 4.39 Å². The van der Waals surface area contributed by atoms with Crippen molar-refractivity contribution in [1.82, 2.24) is 5.32 Å². The molecule has 180 valence electrons. The van der Waals surface area contributed by atoms with Crippen LogP contribution < -0.4 is 20.5 Å². The van der Waals surface area contributed by atoms with Gasteiger partial charge in [-0.3, -0.25) is 4.79 Å². The van der Waals surface area contributed by atoms with E-state index < -0.39 is 0 Å². The molecule has 1 aliphatic heterocycles. The van der Waals surface area contributed by atoms with Gasteiger partial charge in [0.2, 0.25) is 0 Å². The third-order valence-corrected chi connectivity index (χ3v) is 6.78. The fraction of sp³-hybridized carbons (Fsp3) is 0.156. The Kier molecular flexibility index (Phi) is 6.94. The van der Waals surface area contributed by atoms with Gasteiger partial charge in [0, 0.05) is 23.9 Å². The van der Waals surface area contributed by atoms with Gasteiger partial charge in [0.1, 0.15) is 11.6 Å². The van der Waals surface area contributed by atoms with E-state index >= 15 is 0 Å². The average Bonchev–Trinajstić information content (AvgIpc) is 3.25. The lowest BCUT2D eigenvalue weighted by Crippen LogP contribution is -2.37. The molecule has 1 atom stereocenters. The fourth-order valence-electron chi connectivity index (χ4n) is 4.93. The third-order valence-electron chi connectivity index (χ3n) is 6.78. The number of aryl methyl sites for hydroxylation is 1. The molecule has 0 saturated carbocycles. The molecule has 3 aromatic carbocycles. The number of methoxy groups -OCH3 is 1. The van der Waals surface area contributed by atoms with Gasteiger partial charge in [0.05, 0.1) is 7.11 Å². The van der Waals surface area contributed by atoms with Crippen LogP contribution >= 0.6 is 0 Å². The summed E-state index contributed by atoms with van der Waals surface area (Å²) in [5, 5.41) is 5.26. The highest BCUT2D eigenvalue weighted by Crippen LogP contribution is 2.27. The largest absolute Gasteiger partial charge is 0.497 e. The predicted molar refractivity (Wildman–Crippen MR) is 143 cm³/mol. The van der Waals surface area contributed by atoms with Gasteiger partial charge >= 0.3 is 0 Å². The zero-order valence-corrected chi connectivity index (χ0v) is 20.2. The summed E-state index contributed by atoms with van der Waals surface area (Å²) in [7, 11) is 1.62. The molecule has 0 spiro atoms. The van der Waals surface area contributed by atoms with Crippen molar-refractivity contribution >= 4 is 17.9 Å². The van der Waals surface area contributed by atoms with Crippen LogP contribution in [0.2, 0.25) is 0 Å². The van der Waals surface area contributed by atoms with Gasteiger partial charge < -0.3 is 10.1 Å². The SMILES string of the molecule is C1=CC=CNC=C1.COc1ccc(C(=O)C2C=c3c(ccc4c3=CCc3cc(F)ccc3-4)CC2)cc1. The Morgan fingerprint density at radius 2 is 1.64 bits per heavy atom. The van der Waals surface area contributed by atoms with Gasteiger partial charge in [0.15, 0.2) is 5.78 Å². The first-order chi connectivity index (χ1) is 17.6. The molecule has 3 aliphatic rings. The monoisotopic (exact) mass is 477 g/mol. The summed E-state index contributed by atoms with van der Waals surface area (Å²) in [4.78, 5) is 13.1. The van der Waals surface area contributed by atoms with Crippen LogP contribution in [0, 0.1) is 11.7 Å². The lowest BCUT2D eigenvalue weighted by Gasteiger charge is -2.21. The third kappa shape index (κ3) is 4.94. The molecular formula is C32H28FNO2. The molecule has 0 saturated heterocycles. The second kappa shape index (κ2) is 10.6. The zero-order valence-electron chi connectivity index (χ0n) is 20.2. The number of allylic oxidation sites excluding steroid dienone is 4. The Morgan fingerprint density at radius 1 is 0.889 bits per heavy atom. The van der Waals surface area contributed by atoms with Crippen LogP contribution in [0.5, 0.6) is 5.75 Å². The molecule has 0 bridgehead atoms. The number of benzene rings is 3. The number of halogens is 1. The molecule has 3 aromatic rings. The number of ketones is 1. The lowest BCUT2D eigenvalue weighted by molar-refractivity contribution is 0.0946. The number of Topliss-reactive ketones (excluding diaryl/α,β-unsaturated/α-hetero) is 1. The van der Waals surface area contributed by atoms with Crippen molar-refractivity contribution in [3.8, 4) is 16.9 Å². The molecule has 2 aliphatic carbocycles. The molecule has 0 aromatic heterocycles. The summed E-state index contributed by atoms with van der Waals surface area (Å²) in [5.74, 6) is 0.563. The summed E-state index contributed by atoms with van der Waals surface area (Å²) in [6, 6.07) is 16.6. The van der Waals surface area contributed by atoms with Crippen LogP contribution in [0.25, 0.3) is 23.3 Å². The van der Waals surface area contributed by atoms with Crippen molar-refractivity contribution in [2.75, 3.05) is 7.11 Å².